The van der Waals surface area contributed by atoms with Crippen molar-refractivity contribution in [3.63, 3.8) is 0 Å². The van der Waals surface area contributed by atoms with Gasteiger partial charge in [-0.1, -0.05) is 29.8 Å². The van der Waals surface area contributed by atoms with Gasteiger partial charge in [0.05, 0.1) is 0 Å². The van der Waals surface area contributed by atoms with Crippen LogP contribution in [0.15, 0.2) is 24.3 Å². The Bertz CT molecular complexity index is 335. The molecular weight excluding hydrogens is 182 g/mol. The predicted octanol–water partition coefficient (Wildman–Crippen LogP) is 2.54. The Morgan fingerprint density at radius 2 is 2.27 bits per heavy atom. The first-order chi connectivity index (χ1) is 7.26. The highest BCUT2D eigenvalue weighted by Crippen LogP contribution is 2.09. The summed E-state index contributed by atoms with van der Waals surface area (Å²) >= 11 is 0. The molecule has 0 amide bonds. The van der Waals surface area contributed by atoms with Crippen molar-refractivity contribution in [2.45, 2.75) is 32.2 Å². The van der Waals surface area contributed by atoms with Gasteiger partial charge in [0, 0.05) is 12.5 Å². The first kappa shape index (κ1) is 11.8. The molecule has 0 spiro atoms. The average molecular weight is 201 g/mol. The molecule has 0 saturated carbocycles. The number of aryl methyl sites for hydroxylation is 2. The fourth-order valence-electron chi connectivity index (χ4n) is 1.70. The van der Waals surface area contributed by atoms with E-state index >= 15 is 0 Å². The monoisotopic (exact) mass is 201 g/mol. The zero-order chi connectivity index (χ0) is 11.1. The molecule has 1 atom stereocenters. The molecule has 1 N–H and O–H groups in total. The summed E-state index contributed by atoms with van der Waals surface area (Å²) in [7, 11) is 1.97. The Hall–Kier alpha value is -1.26. The molecule has 80 valence electrons. The zero-order valence-corrected chi connectivity index (χ0v) is 9.59. The summed E-state index contributed by atoms with van der Waals surface area (Å²) in [6.07, 6.45) is 8.31. The minimum Gasteiger partial charge on any atom is -0.316 e. The SMILES string of the molecule is C#CCC(CCc1cccc(C)c1)NC. The second kappa shape index (κ2) is 6.27. The van der Waals surface area contributed by atoms with Crippen molar-refractivity contribution in [2.24, 2.45) is 0 Å². The van der Waals surface area contributed by atoms with Crippen molar-refractivity contribution in [3.8, 4) is 12.3 Å². The summed E-state index contributed by atoms with van der Waals surface area (Å²) in [4.78, 5) is 0. The highest BCUT2D eigenvalue weighted by atomic mass is 14.9. The number of hydrogen-bond donors (Lipinski definition) is 1. The van der Waals surface area contributed by atoms with Gasteiger partial charge < -0.3 is 5.32 Å². The summed E-state index contributed by atoms with van der Waals surface area (Å²) in [6, 6.07) is 9.09. The normalized spacial score (nSPS) is 12.1. The van der Waals surface area contributed by atoms with Gasteiger partial charge in [-0.2, -0.15) is 0 Å². The van der Waals surface area contributed by atoms with Crippen LogP contribution in [0, 0.1) is 19.3 Å². The first-order valence-electron chi connectivity index (χ1n) is 5.42. The predicted molar refractivity (Wildman–Crippen MR) is 65.8 cm³/mol. The van der Waals surface area contributed by atoms with E-state index in [0.717, 1.165) is 19.3 Å². The van der Waals surface area contributed by atoms with Crippen molar-refractivity contribution in [3.05, 3.63) is 35.4 Å². The molecule has 1 heteroatoms. The van der Waals surface area contributed by atoms with Crippen molar-refractivity contribution in [2.75, 3.05) is 7.05 Å². The Morgan fingerprint density at radius 1 is 1.47 bits per heavy atom. The van der Waals surface area contributed by atoms with Crippen LogP contribution in [0.25, 0.3) is 0 Å². The lowest BCUT2D eigenvalue weighted by atomic mass is 10.0. The Labute approximate surface area is 92.9 Å². The maximum atomic E-state index is 5.31. The molecule has 1 rings (SSSR count). The summed E-state index contributed by atoms with van der Waals surface area (Å²) in [5, 5.41) is 3.25. The van der Waals surface area contributed by atoms with E-state index in [9.17, 15) is 0 Å². The lowest BCUT2D eigenvalue weighted by Gasteiger charge is -2.12. The van der Waals surface area contributed by atoms with E-state index in [0.29, 0.717) is 6.04 Å². The van der Waals surface area contributed by atoms with E-state index in [-0.39, 0.29) is 0 Å². The molecule has 0 saturated heterocycles. The van der Waals surface area contributed by atoms with Gasteiger partial charge in [0.15, 0.2) is 0 Å². The third kappa shape index (κ3) is 4.18. The van der Waals surface area contributed by atoms with E-state index in [4.69, 9.17) is 6.42 Å². The molecule has 0 aromatic heterocycles. The fraction of sp³-hybridized carbons (Fsp3) is 0.429. The second-order valence-electron chi connectivity index (χ2n) is 3.92. The van der Waals surface area contributed by atoms with Gasteiger partial charge in [-0.25, -0.2) is 0 Å². The molecule has 0 fully saturated rings. The zero-order valence-electron chi connectivity index (χ0n) is 9.59. The number of rotatable bonds is 5. The number of terminal acetylenes is 1. The van der Waals surface area contributed by atoms with Gasteiger partial charge >= 0.3 is 0 Å². The second-order valence-corrected chi connectivity index (χ2v) is 3.92. The first-order valence-corrected chi connectivity index (χ1v) is 5.42. The quantitative estimate of drug-likeness (QED) is 0.722. The molecule has 0 radical (unpaired) electrons. The van der Waals surface area contributed by atoms with E-state index in [1.165, 1.54) is 11.1 Å². The van der Waals surface area contributed by atoms with Gasteiger partial charge in [0.25, 0.3) is 0 Å². The highest BCUT2D eigenvalue weighted by Gasteiger charge is 2.04. The third-order valence-electron chi connectivity index (χ3n) is 2.64. The minimum absolute atomic E-state index is 0.440. The minimum atomic E-state index is 0.440. The lowest BCUT2D eigenvalue weighted by molar-refractivity contribution is 0.534. The maximum Gasteiger partial charge on any atom is 0.0240 e. The largest absolute Gasteiger partial charge is 0.316 e. The van der Waals surface area contributed by atoms with Gasteiger partial charge in [-0.15, -0.1) is 12.3 Å². The van der Waals surface area contributed by atoms with Gasteiger partial charge in [0.1, 0.15) is 0 Å². The number of hydrogen-bond acceptors (Lipinski definition) is 1. The standard InChI is InChI=1S/C14H19N/c1-4-6-14(15-3)10-9-13-8-5-7-12(2)11-13/h1,5,7-8,11,14-15H,6,9-10H2,2-3H3. The summed E-state index contributed by atoms with van der Waals surface area (Å²) in [5.74, 6) is 2.70. The summed E-state index contributed by atoms with van der Waals surface area (Å²) < 4.78 is 0. The molecule has 1 aromatic rings. The Balaban J connectivity index is 2.46. The molecule has 0 bridgehead atoms. The maximum absolute atomic E-state index is 5.31. The lowest BCUT2D eigenvalue weighted by Crippen LogP contribution is -2.25. The van der Waals surface area contributed by atoms with Crippen molar-refractivity contribution >= 4 is 0 Å². The summed E-state index contributed by atoms with van der Waals surface area (Å²) in [6.45, 7) is 2.13. The van der Waals surface area contributed by atoms with Crippen LogP contribution in [0.5, 0.6) is 0 Å². The number of benzene rings is 1. The van der Waals surface area contributed by atoms with Crippen molar-refractivity contribution in [1.82, 2.24) is 5.32 Å². The van der Waals surface area contributed by atoms with Crippen LogP contribution in [-0.2, 0) is 6.42 Å². The van der Waals surface area contributed by atoms with Crippen LogP contribution in [0.4, 0.5) is 0 Å². The fourth-order valence-corrected chi connectivity index (χ4v) is 1.70. The molecule has 1 aromatic carbocycles. The van der Waals surface area contributed by atoms with Gasteiger partial charge in [-0.3, -0.25) is 0 Å². The van der Waals surface area contributed by atoms with Crippen LogP contribution < -0.4 is 5.32 Å². The molecule has 1 nitrogen and oxygen atoms in total. The van der Waals surface area contributed by atoms with Crippen LogP contribution in [0.3, 0.4) is 0 Å². The van der Waals surface area contributed by atoms with Crippen LogP contribution >= 0.6 is 0 Å². The topological polar surface area (TPSA) is 12.0 Å². The molecule has 15 heavy (non-hydrogen) atoms. The molecule has 1 unspecified atom stereocenters. The van der Waals surface area contributed by atoms with E-state index in [1.54, 1.807) is 0 Å². The van der Waals surface area contributed by atoms with Gasteiger partial charge in [-0.05, 0) is 32.4 Å². The Morgan fingerprint density at radius 3 is 2.87 bits per heavy atom. The highest BCUT2D eigenvalue weighted by molar-refractivity contribution is 5.22. The van der Waals surface area contributed by atoms with E-state index in [2.05, 4.69) is 42.4 Å². The van der Waals surface area contributed by atoms with Crippen LogP contribution in [0.1, 0.15) is 24.0 Å². The van der Waals surface area contributed by atoms with Crippen molar-refractivity contribution in [1.29, 1.82) is 0 Å². The van der Waals surface area contributed by atoms with Crippen LogP contribution in [0.2, 0.25) is 0 Å². The number of nitrogens with one attached hydrogen (secondary N) is 1. The summed E-state index contributed by atoms with van der Waals surface area (Å²) in [5.41, 5.74) is 2.72. The molecule has 0 heterocycles. The molecule has 0 aliphatic carbocycles. The molecule has 0 aliphatic heterocycles. The molecule has 0 aliphatic rings. The smallest absolute Gasteiger partial charge is 0.0240 e. The van der Waals surface area contributed by atoms with Gasteiger partial charge in [0.2, 0.25) is 0 Å². The van der Waals surface area contributed by atoms with E-state index in [1.807, 2.05) is 7.05 Å². The van der Waals surface area contributed by atoms with E-state index < -0.39 is 0 Å². The third-order valence-corrected chi connectivity index (χ3v) is 2.64. The van der Waals surface area contributed by atoms with Crippen molar-refractivity contribution < 1.29 is 0 Å². The average Bonchev–Trinajstić information content (AvgIpc) is 2.24. The van der Waals surface area contributed by atoms with Crippen LogP contribution in [-0.4, -0.2) is 13.1 Å². The molecular formula is C14H19N. The Kier molecular flexibility index (Phi) is 4.93.